The van der Waals surface area contributed by atoms with Crippen LogP contribution in [0, 0.1) is 13.8 Å². The Morgan fingerprint density at radius 3 is 2.77 bits per heavy atom. The van der Waals surface area contributed by atoms with Gasteiger partial charge in [0.05, 0.1) is 15.6 Å². The minimum absolute atomic E-state index is 0.121. The van der Waals surface area contributed by atoms with Crippen LogP contribution < -0.4 is 14.2 Å². The van der Waals surface area contributed by atoms with Crippen molar-refractivity contribution in [3.8, 4) is 11.5 Å². The first kappa shape index (κ1) is 15.3. The number of rotatable bonds is 5. The normalized spacial score (nSPS) is 13.5. The predicted octanol–water partition coefficient (Wildman–Crippen LogP) is 2.01. The molecule has 1 N–H and O–H groups in total. The Labute approximate surface area is 133 Å². The highest BCUT2D eigenvalue weighted by Gasteiger charge is 2.20. The average Bonchev–Trinajstić information content (AvgIpc) is 3.04. The minimum atomic E-state index is -3.56. The van der Waals surface area contributed by atoms with Gasteiger partial charge >= 0.3 is 0 Å². The molecule has 0 radical (unpaired) electrons. The van der Waals surface area contributed by atoms with Crippen LogP contribution >= 0.6 is 11.3 Å². The lowest BCUT2D eigenvalue weighted by atomic mass is 10.3. The number of benzene rings is 1. The van der Waals surface area contributed by atoms with E-state index >= 15 is 0 Å². The van der Waals surface area contributed by atoms with Crippen LogP contribution in [-0.2, 0) is 16.4 Å². The van der Waals surface area contributed by atoms with Crippen molar-refractivity contribution >= 4 is 21.4 Å². The van der Waals surface area contributed by atoms with Gasteiger partial charge in [0.25, 0.3) is 0 Å². The Balaban J connectivity index is 1.67. The quantitative estimate of drug-likeness (QED) is 0.901. The van der Waals surface area contributed by atoms with E-state index < -0.39 is 10.0 Å². The van der Waals surface area contributed by atoms with E-state index in [9.17, 15) is 8.42 Å². The number of nitrogens with one attached hydrogen (secondary N) is 1. The van der Waals surface area contributed by atoms with Gasteiger partial charge in [0.1, 0.15) is 0 Å². The van der Waals surface area contributed by atoms with Gasteiger partial charge in [-0.15, -0.1) is 11.3 Å². The molecule has 3 rings (SSSR count). The van der Waals surface area contributed by atoms with Gasteiger partial charge in [-0.05, 0) is 32.4 Å². The predicted molar refractivity (Wildman–Crippen MR) is 83.0 cm³/mol. The van der Waals surface area contributed by atoms with Gasteiger partial charge in [-0.1, -0.05) is 0 Å². The zero-order valence-electron chi connectivity index (χ0n) is 12.3. The summed E-state index contributed by atoms with van der Waals surface area (Å²) in [6.45, 7) is 4.33. The first-order valence-corrected chi connectivity index (χ1v) is 9.08. The van der Waals surface area contributed by atoms with Crippen molar-refractivity contribution in [2.75, 3.05) is 13.3 Å². The lowest BCUT2D eigenvalue weighted by Gasteiger charge is -2.07. The number of thiazole rings is 1. The molecule has 1 aliphatic heterocycles. The maximum absolute atomic E-state index is 12.3. The molecule has 0 unspecified atom stereocenters. The summed E-state index contributed by atoms with van der Waals surface area (Å²) in [5.41, 5.74) is 0.963. The fourth-order valence-corrected chi connectivity index (χ4v) is 4.22. The molecule has 0 saturated heterocycles. The number of aromatic nitrogens is 1. The Morgan fingerprint density at radius 2 is 2.05 bits per heavy atom. The van der Waals surface area contributed by atoms with Gasteiger partial charge < -0.3 is 9.47 Å². The monoisotopic (exact) mass is 340 g/mol. The summed E-state index contributed by atoms with van der Waals surface area (Å²) >= 11 is 1.59. The van der Waals surface area contributed by atoms with Crippen molar-refractivity contribution in [3.63, 3.8) is 0 Å². The molecular weight excluding hydrogens is 324 g/mol. The summed E-state index contributed by atoms with van der Waals surface area (Å²) in [5, 5.41) is 0.992. The van der Waals surface area contributed by atoms with Crippen molar-refractivity contribution in [3.05, 3.63) is 33.8 Å². The molecular formula is C14H16N2O4S2. The van der Waals surface area contributed by atoms with Gasteiger partial charge in [-0.3, -0.25) is 0 Å². The highest BCUT2D eigenvalue weighted by Crippen LogP contribution is 2.33. The number of fused-ring (bicyclic) bond motifs is 1. The summed E-state index contributed by atoms with van der Waals surface area (Å²) in [6.07, 6.45) is 0.626. The van der Waals surface area contributed by atoms with Gasteiger partial charge in [0.15, 0.2) is 11.5 Å². The molecule has 1 aromatic carbocycles. The summed E-state index contributed by atoms with van der Waals surface area (Å²) < 4.78 is 37.6. The lowest BCUT2D eigenvalue weighted by molar-refractivity contribution is 0.174. The minimum Gasteiger partial charge on any atom is -0.454 e. The molecule has 0 fully saturated rings. The summed E-state index contributed by atoms with van der Waals surface area (Å²) in [6, 6.07) is 4.60. The van der Waals surface area contributed by atoms with Crippen LogP contribution in [0.3, 0.4) is 0 Å². The number of hydrogen-bond donors (Lipinski definition) is 1. The van der Waals surface area contributed by atoms with E-state index in [-0.39, 0.29) is 11.7 Å². The number of sulfonamides is 1. The number of hydrogen-bond acceptors (Lipinski definition) is 6. The standard InChI is InChI=1S/C14H16N2O4S2/c1-9-14(21-10(2)16-9)5-6-15-22(17,18)11-3-4-12-13(7-11)20-8-19-12/h3-4,7,15H,5-6,8H2,1-2H3. The van der Waals surface area contributed by atoms with Crippen molar-refractivity contribution in [1.29, 1.82) is 0 Å². The Bertz CT molecular complexity index is 799. The van der Waals surface area contributed by atoms with E-state index in [1.54, 1.807) is 17.4 Å². The van der Waals surface area contributed by atoms with Gasteiger partial charge in [0.2, 0.25) is 16.8 Å². The summed E-state index contributed by atoms with van der Waals surface area (Å²) in [4.78, 5) is 5.61. The highest BCUT2D eigenvalue weighted by molar-refractivity contribution is 7.89. The molecule has 8 heteroatoms. The Morgan fingerprint density at radius 1 is 1.27 bits per heavy atom. The van der Waals surface area contributed by atoms with Crippen LogP contribution in [0.1, 0.15) is 15.6 Å². The third-order valence-electron chi connectivity index (χ3n) is 3.30. The van der Waals surface area contributed by atoms with Crippen LogP contribution in [0.4, 0.5) is 0 Å². The fourth-order valence-electron chi connectivity index (χ4n) is 2.23. The van der Waals surface area contributed by atoms with E-state index in [1.165, 1.54) is 12.1 Å². The fraction of sp³-hybridized carbons (Fsp3) is 0.357. The zero-order chi connectivity index (χ0) is 15.7. The maximum Gasteiger partial charge on any atom is 0.240 e. The van der Waals surface area contributed by atoms with Crippen LogP contribution in [0.2, 0.25) is 0 Å². The highest BCUT2D eigenvalue weighted by atomic mass is 32.2. The van der Waals surface area contributed by atoms with Crippen LogP contribution in [0.25, 0.3) is 0 Å². The summed E-state index contributed by atoms with van der Waals surface area (Å²) in [7, 11) is -3.56. The molecule has 2 heterocycles. The molecule has 0 aliphatic carbocycles. The van der Waals surface area contributed by atoms with Crippen LogP contribution in [0.15, 0.2) is 23.1 Å². The van der Waals surface area contributed by atoms with E-state index in [0.717, 1.165) is 15.6 Å². The molecule has 0 spiro atoms. The van der Waals surface area contributed by atoms with Crippen molar-refractivity contribution in [2.24, 2.45) is 0 Å². The number of aryl methyl sites for hydroxylation is 2. The first-order chi connectivity index (χ1) is 10.5. The molecule has 2 aromatic rings. The summed E-state index contributed by atoms with van der Waals surface area (Å²) in [5.74, 6) is 1.02. The molecule has 6 nitrogen and oxygen atoms in total. The largest absolute Gasteiger partial charge is 0.454 e. The third kappa shape index (κ3) is 3.08. The van der Waals surface area contributed by atoms with E-state index in [2.05, 4.69) is 9.71 Å². The Kier molecular flexibility index (Phi) is 4.07. The molecule has 0 saturated carbocycles. The number of ether oxygens (including phenoxy) is 2. The van der Waals surface area contributed by atoms with Crippen molar-refractivity contribution < 1.29 is 17.9 Å². The lowest BCUT2D eigenvalue weighted by Crippen LogP contribution is -2.25. The number of nitrogens with zero attached hydrogens (tertiary/aromatic N) is 1. The third-order valence-corrected chi connectivity index (χ3v) is 5.89. The smallest absolute Gasteiger partial charge is 0.240 e. The zero-order valence-corrected chi connectivity index (χ0v) is 13.9. The van der Waals surface area contributed by atoms with E-state index in [1.807, 2.05) is 13.8 Å². The molecule has 118 valence electrons. The van der Waals surface area contributed by atoms with Crippen LogP contribution in [0.5, 0.6) is 11.5 Å². The topological polar surface area (TPSA) is 77.5 Å². The van der Waals surface area contributed by atoms with E-state index in [4.69, 9.17) is 9.47 Å². The van der Waals surface area contributed by atoms with Crippen molar-refractivity contribution in [1.82, 2.24) is 9.71 Å². The second-order valence-corrected chi connectivity index (χ2v) is 7.96. The van der Waals surface area contributed by atoms with Crippen LogP contribution in [-0.4, -0.2) is 26.7 Å². The second kappa shape index (κ2) is 5.86. The van der Waals surface area contributed by atoms with Gasteiger partial charge in [-0.25, -0.2) is 18.1 Å². The molecule has 0 bridgehead atoms. The molecule has 0 atom stereocenters. The molecule has 1 aromatic heterocycles. The second-order valence-electron chi connectivity index (χ2n) is 4.90. The SMILES string of the molecule is Cc1nc(C)c(CCNS(=O)(=O)c2ccc3c(c2)OCO3)s1. The first-order valence-electron chi connectivity index (χ1n) is 6.78. The Hall–Kier alpha value is -1.64. The molecule has 1 aliphatic rings. The molecule has 22 heavy (non-hydrogen) atoms. The molecule has 0 amide bonds. The average molecular weight is 340 g/mol. The maximum atomic E-state index is 12.3. The van der Waals surface area contributed by atoms with Crippen molar-refractivity contribution in [2.45, 2.75) is 25.2 Å². The van der Waals surface area contributed by atoms with Gasteiger partial charge in [-0.2, -0.15) is 0 Å². The van der Waals surface area contributed by atoms with Gasteiger partial charge in [0, 0.05) is 17.5 Å². The van der Waals surface area contributed by atoms with E-state index in [0.29, 0.717) is 24.5 Å².